The fourth-order valence-electron chi connectivity index (χ4n) is 3.44. The van der Waals surface area contributed by atoms with E-state index in [1.165, 1.54) is 6.08 Å². The van der Waals surface area contributed by atoms with Crippen molar-refractivity contribution in [2.24, 2.45) is 0 Å². The number of carbonyl (C=O) groups is 2. The van der Waals surface area contributed by atoms with Crippen molar-refractivity contribution < 1.29 is 23.8 Å². The number of amides is 2. The zero-order valence-electron chi connectivity index (χ0n) is 17.7. The summed E-state index contributed by atoms with van der Waals surface area (Å²) in [7, 11) is 1.16. The van der Waals surface area contributed by atoms with Gasteiger partial charge in [0.2, 0.25) is 0 Å². The quantitative estimate of drug-likeness (QED) is 0.494. The highest BCUT2D eigenvalue weighted by Crippen LogP contribution is 2.32. The third-order valence-corrected chi connectivity index (χ3v) is 5.05. The van der Waals surface area contributed by atoms with Crippen LogP contribution in [0.2, 0.25) is 0 Å². The van der Waals surface area contributed by atoms with E-state index in [0.717, 1.165) is 18.2 Å². The Labute approximate surface area is 188 Å². The summed E-state index contributed by atoms with van der Waals surface area (Å²) >= 11 is 0. The van der Waals surface area contributed by atoms with Crippen LogP contribution in [0.25, 0.3) is 10.9 Å². The minimum Gasteiger partial charge on any atom is -0.504 e. The van der Waals surface area contributed by atoms with Crippen molar-refractivity contribution in [3.63, 3.8) is 0 Å². The first-order chi connectivity index (χ1) is 15.9. The lowest BCUT2D eigenvalue weighted by atomic mass is 9.99. The molecule has 0 radical (unpaired) electrons. The van der Waals surface area contributed by atoms with Crippen LogP contribution in [0.15, 0.2) is 66.4 Å². The fraction of sp³-hybridized carbons (Fsp3) is 0.167. The van der Waals surface area contributed by atoms with Crippen molar-refractivity contribution in [2.45, 2.75) is 19.0 Å². The van der Waals surface area contributed by atoms with Crippen molar-refractivity contribution in [1.29, 1.82) is 0 Å². The van der Waals surface area contributed by atoms with Crippen LogP contribution in [-0.4, -0.2) is 40.4 Å². The molecule has 1 unspecified atom stereocenters. The number of hydrogen-bond acceptors (Lipinski definition) is 6. The summed E-state index contributed by atoms with van der Waals surface area (Å²) in [6.45, 7) is 0. The van der Waals surface area contributed by atoms with E-state index in [9.17, 15) is 19.1 Å². The van der Waals surface area contributed by atoms with E-state index in [-0.39, 0.29) is 17.0 Å². The Bertz CT molecular complexity index is 1270. The molecular formula is C24H21FN4O4. The number of ether oxygens (including phenoxy) is 1. The Hall–Kier alpha value is -4.27. The van der Waals surface area contributed by atoms with Gasteiger partial charge in [-0.05, 0) is 35.8 Å². The molecule has 0 aliphatic heterocycles. The Morgan fingerprint density at radius 3 is 2.73 bits per heavy atom. The number of carbonyl (C=O) groups excluding carboxylic acids is 2. The summed E-state index contributed by atoms with van der Waals surface area (Å²) in [5.41, 5.74) is 1.96. The van der Waals surface area contributed by atoms with Crippen LogP contribution in [0.1, 0.15) is 22.5 Å². The van der Waals surface area contributed by atoms with Gasteiger partial charge in [-0.25, -0.2) is 19.0 Å². The average molecular weight is 448 g/mol. The first kappa shape index (κ1) is 21.9. The molecular weight excluding hydrogens is 427 g/mol. The molecule has 1 atom stereocenters. The number of urea groups is 1. The minimum atomic E-state index is -0.986. The molecule has 1 aliphatic carbocycles. The number of benzene rings is 1. The zero-order valence-corrected chi connectivity index (χ0v) is 17.7. The number of para-hydroxylation sites is 1. The summed E-state index contributed by atoms with van der Waals surface area (Å²) in [5.74, 6) is -1.29. The Morgan fingerprint density at radius 1 is 1.24 bits per heavy atom. The number of allylic oxidation sites excluding steroid dienone is 4. The number of aromatic nitrogens is 2. The van der Waals surface area contributed by atoms with Gasteiger partial charge in [0.05, 0.1) is 7.11 Å². The van der Waals surface area contributed by atoms with Crippen LogP contribution in [0.5, 0.6) is 5.75 Å². The highest BCUT2D eigenvalue weighted by atomic mass is 19.1. The second-order valence-electron chi connectivity index (χ2n) is 7.40. The van der Waals surface area contributed by atoms with Crippen LogP contribution in [0, 0.1) is 0 Å². The van der Waals surface area contributed by atoms with Gasteiger partial charge >= 0.3 is 12.0 Å². The molecule has 0 saturated carbocycles. The molecule has 0 fully saturated rings. The van der Waals surface area contributed by atoms with Crippen molar-refractivity contribution in [1.82, 2.24) is 9.97 Å². The summed E-state index contributed by atoms with van der Waals surface area (Å²) in [6.07, 6.45) is 6.39. The number of alkyl halides is 1. The Morgan fingerprint density at radius 2 is 2.03 bits per heavy atom. The van der Waals surface area contributed by atoms with Gasteiger partial charge in [-0.15, -0.1) is 0 Å². The van der Waals surface area contributed by atoms with Gasteiger partial charge in [-0.1, -0.05) is 36.4 Å². The summed E-state index contributed by atoms with van der Waals surface area (Å²) in [4.78, 5) is 33.1. The first-order valence-corrected chi connectivity index (χ1v) is 10.2. The number of nitrogens with one attached hydrogen (secondary N) is 2. The number of fused-ring (bicyclic) bond motifs is 1. The lowest BCUT2D eigenvalue weighted by molar-refractivity contribution is 0.0591. The van der Waals surface area contributed by atoms with Crippen LogP contribution in [0.3, 0.4) is 0 Å². The van der Waals surface area contributed by atoms with Gasteiger partial charge in [-0.3, -0.25) is 10.3 Å². The highest BCUT2D eigenvalue weighted by Gasteiger charge is 2.22. The van der Waals surface area contributed by atoms with Crippen LogP contribution < -0.4 is 10.6 Å². The molecule has 0 spiro atoms. The van der Waals surface area contributed by atoms with E-state index >= 15 is 0 Å². The number of anilines is 2. The van der Waals surface area contributed by atoms with E-state index in [1.807, 2.05) is 12.1 Å². The maximum absolute atomic E-state index is 13.3. The van der Waals surface area contributed by atoms with E-state index < -0.39 is 23.9 Å². The van der Waals surface area contributed by atoms with Crippen LogP contribution in [-0.2, 0) is 11.2 Å². The lowest BCUT2D eigenvalue weighted by Gasteiger charge is -2.14. The number of nitrogens with zero attached hydrogens (tertiary/aromatic N) is 2. The number of rotatable bonds is 5. The summed E-state index contributed by atoms with van der Waals surface area (Å²) in [6, 6.07) is 9.92. The molecule has 3 N–H and O–H groups in total. The number of halogens is 1. The minimum absolute atomic E-state index is 0.0305. The highest BCUT2D eigenvalue weighted by molar-refractivity contribution is 6.08. The van der Waals surface area contributed by atoms with Gasteiger partial charge in [0.25, 0.3) is 0 Å². The third kappa shape index (κ3) is 4.98. The van der Waals surface area contributed by atoms with Crippen molar-refractivity contribution >= 4 is 34.4 Å². The monoisotopic (exact) mass is 448 g/mol. The van der Waals surface area contributed by atoms with Crippen molar-refractivity contribution in [3.8, 4) is 5.75 Å². The Balaban J connectivity index is 1.71. The Kier molecular flexibility index (Phi) is 6.30. The number of hydrogen-bond donors (Lipinski definition) is 3. The van der Waals surface area contributed by atoms with Crippen molar-refractivity contribution in [3.05, 3.63) is 77.7 Å². The molecule has 0 saturated heterocycles. The molecule has 0 bridgehead atoms. The van der Waals surface area contributed by atoms with Gasteiger partial charge in [0, 0.05) is 23.7 Å². The van der Waals surface area contributed by atoms with E-state index in [0.29, 0.717) is 23.9 Å². The first-order valence-electron chi connectivity index (χ1n) is 10.2. The molecule has 9 heteroatoms. The molecule has 1 aromatic carbocycles. The van der Waals surface area contributed by atoms with Gasteiger partial charge < -0.3 is 15.2 Å². The molecule has 1 aliphatic rings. The molecule has 2 heterocycles. The molecule has 4 rings (SSSR count). The zero-order chi connectivity index (χ0) is 23.4. The molecule has 3 aromatic rings. The second kappa shape index (κ2) is 9.47. The fourth-order valence-corrected chi connectivity index (χ4v) is 3.44. The van der Waals surface area contributed by atoms with Gasteiger partial charge in [0.1, 0.15) is 17.5 Å². The predicted octanol–water partition coefficient (Wildman–Crippen LogP) is 4.53. The molecule has 8 nitrogen and oxygen atoms in total. The largest absolute Gasteiger partial charge is 0.504 e. The summed E-state index contributed by atoms with van der Waals surface area (Å²) in [5, 5.41) is 16.2. The molecule has 2 amide bonds. The van der Waals surface area contributed by atoms with Gasteiger partial charge in [0.15, 0.2) is 11.4 Å². The SMILES string of the molecule is COC(=O)c1nc(NC(=O)Nc2ccccc2)c2cc(CC3=CCC(F)C=C3)cnc2c1O. The average Bonchev–Trinajstić information content (AvgIpc) is 2.82. The maximum Gasteiger partial charge on any atom is 0.360 e. The molecule has 2 aromatic heterocycles. The normalized spacial score (nSPS) is 15.1. The lowest BCUT2D eigenvalue weighted by Crippen LogP contribution is -2.21. The number of methoxy groups -OCH3 is 1. The maximum atomic E-state index is 13.3. The number of aromatic hydroxyl groups is 1. The summed E-state index contributed by atoms with van der Waals surface area (Å²) < 4.78 is 18.0. The smallest absolute Gasteiger partial charge is 0.360 e. The van der Waals surface area contributed by atoms with Crippen molar-refractivity contribution in [2.75, 3.05) is 17.7 Å². The predicted molar refractivity (Wildman–Crippen MR) is 122 cm³/mol. The molecule has 168 valence electrons. The topological polar surface area (TPSA) is 113 Å². The van der Waals surface area contributed by atoms with Crippen LogP contribution in [0.4, 0.5) is 20.7 Å². The van der Waals surface area contributed by atoms with E-state index in [1.54, 1.807) is 42.6 Å². The van der Waals surface area contributed by atoms with Gasteiger partial charge in [-0.2, -0.15) is 0 Å². The molecule has 33 heavy (non-hydrogen) atoms. The van der Waals surface area contributed by atoms with Crippen LogP contribution >= 0.6 is 0 Å². The standard InChI is InChI=1S/C24H21FN4O4/c1-33-23(31)20-21(30)19-18(12-15(13-26-19)11-14-7-9-16(25)10-8-14)22(28-20)29-24(32)27-17-5-3-2-4-6-17/h2-9,12-13,16,30H,10-11H2,1H3,(H2,27,28,29,32). The second-order valence-corrected chi connectivity index (χ2v) is 7.40. The third-order valence-electron chi connectivity index (χ3n) is 5.05. The number of pyridine rings is 2. The van der Waals surface area contributed by atoms with E-state index in [4.69, 9.17) is 4.74 Å². The number of esters is 1. The van der Waals surface area contributed by atoms with E-state index in [2.05, 4.69) is 20.6 Å².